The minimum absolute atomic E-state index is 0.106. The molecule has 1 aromatic carbocycles. The molecule has 1 heterocycles. The van der Waals surface area contributed by atoms with Gasteiger partial charge in [-0.05, 0) is 53.4 Å². The number of halogens is 1. The van der Waals surface area contributed by atoms with Crippen LogP contribution in [0.15, 0.2) is 27.8 Å². The summed E-state index contributed by atoms with van der Waals surface area (Å²) in [6, 6.07) is 5.78. The zero-order valence-electron chi connectivity index (χ0n) is 12.0. The second-order valence-corrected chi connectivity index (χ2v) is 7.10. The third-order valence-electron chi connectivity index (χ3n) is 3.36. The molecule has 22 heavy (non-hydrogen) atoms. The van der Waals surface area contributed by atoms with E-state index in [1.165, 1.54) is 16.4 Å². The molecule has 0 atom stereocenters. The summed E-state index contributed by atoms with van der Waals surface area (Å²) in [6.45, 7) is 2.00. The van der Waals surface area contributed by atoms with Crippen molar-refractivity contribution in [3.63, 3.8) is 0 Å². The van der Waals surface area contributed by atoms with Crippen LogP contribution in [0.4, 0.5) is 5.69 Å². The highest BCUT2D eigenvalue weighted by molar-refractivity contribution is 9.10. The molecule has 1 saturated carbocycles. The summed E-state index contributed by atoms with van der Waals surface area (Å²) in [6.07, 6.45) is 2.23. The van der Waals surface area contributed by atoms with Gasteiger partial charge in [-0.25, -0.2) is 4.68 Å². The van der Waals surface area contributed by atoms with Crippen LogP contribution in [0.25, 0.3) is 0 Å². The summed E-state index contributed by atoms with van der Waals surface area (Å²) >= 11 is 4.73. The van der Waals surface area contributed by atoms with Crippen molar-refractivity contribution in [2.75, 3.05) is 16.9 Å². The number of nitrogen functional groups attached to an aromatic ring is 1. The van der Waals surface area contributed by atoms with E-state index < -0.39 is 0 Å². The normalized spacial score (nSPS) is 14.1. The zero-order chi connectivity index (χ0) is 15.7. The first-order valence-electron chi connectivity index (χ1n) is 6.94. The van der Waals surface area contributed by atoms with Gasteiger partial charge in [0.15, 0.2) is 5.82 Å². The summed E-state index contributed by atoms with van der Waals surface area (Å²) in [5, 5.41) is 11.6. The van der Waals surface area contributed by atoms with Crippen LogP contribution in [-0.4, -0.2) is 26.5 Å². The summed E-state index contributed by atoms with van der Waals surface area (Å²) < 4.78 is 2.36. The number of rotatable bonds is 5. The molecule has 2 aromatic rings. The highest BCUT2D eigenvalue weighted by Crippen LogP contribution is 2.39. The van der Waals surface area contributed by atoms with Crippen LogP contribution in [0.5, 0.6) is 0 Å². The van der Waals surface area contributed by atoms with Crippen LogP contribution in [0.2, 0.25) is 0 Å². The fourth-order valence-electron chi connectivity index (χ4n) is 2.04. The van der Waals surface area contributed by atoms with Crippen LogP contribution in [0.1, 0.15) is 30.1 Å². The van der Waals surface area contributed by atoms with E-state index in [2.05, 4.69) is 31.4 Å². The molecular formula is C14H16BrN5OS. The Bertz CT molecular complexity index is 713. The lowest BCUT2D eigenvalue weighted by Crippen LogP contribution is -2.17. The lowest BCUT2D eigenvalue weighted by molar-refractivity contribution is -0.113. The molecule has 116 valence electrons. The van der Waals surface area contributed by atoms with Crippen molar-refractivity contribution >= 4 is 39.3 Å². The van der Waals surface area contributed by atoms with Gasteiger partial charge in [-0.1, -0.05) is 17.8 Å². The van der Waals surface area contributed by atoms with Gasteiger partial charge >= 0.3 is 0 Å². The molecule has 3 rings (SSSR count). The number of benzene rings is 1. The quantitative estimate of drug-likeness (QED) is 0.614. The van der Waals surface area contributed by atoms with Gasteiger partial charge in [0, 0.05) is 10.4 Å². The third-order valence-corrected chi connectivity index (χ3v) is 4.96. The number of aryl methyl sites for hydroxylation is 1. The van der Waals surface area contributed by atoms with E-state index in [1.54, 1.807) is 0 Å². The van der Waals surface area contributed by atoms with Crippen molar-refractivity contribution < 1.29 is 4.79 Å². The maximum Gasteiger partial charge on any atom is 0.234 e. The monoisotopic (exact) mass is 381 g/mol. The minimum Gasteiger partial charge on any atom is -0.336 e. The minimum atomic E-state index is -0.106. The molecule has 0 spiro atoms. The van der Waals surface area contributed by atoms with Gasteiger partial charge in [0.25, 0.3) is 0 Å². The van der Waals surface area contributed by atoms with E-state index >= 15 is 0 Å². The van der Waals surface area contributed by atoms with Gasteiger partial charge in [0.05, 0.1) is 11.4 Å². The number of thioether (sulfide) groups is 1. The number of amides is 1. The number of nitrogens with two attached hydrogens (primary N) is 1. The van der Waals surface area contributed by atoms with Crippen LogP contribution in [0, 0.1) is 6.92 Å². The summed E-state index contributed by atoms with van der Waals surface area (Å²) in [5.41, 5.74) is 1.88. The third kappa shape index (κ3) is 3.44. The standard InChI is InChI=1S/C14H16BrN5OS/c1-8-2-5-11(10(15)6-8)17-12(21)7-22-14-19-18-13(20(14)16)9-3-4-9/h2,5-6,9H,3-4,7,16H2,1H3,(H,17,21). The van der Waals surface area contributed by atoms with E-state index in [1.807, 2.05) is 25.1 Å². The predicted molar refractivity (Wildman–Crippen MR) is 90.4 cm³/mol. The highest BCUT2D eigenvalue weighted by atomic mass is 79.9. The van der Waals surface area contributed by atoms with Gasteiger partial charge in [-0.15, -0.1) is 10.2 Å². The number of carbonyl (C=O) groups excluding carboxylic acids is 1. The Morgan fingerprint density at radius 3 is 2.95 bits per heavy atom. The van der Waals surface area contributed by atoms with Gasteiger partial charge < -0.3 is 11.2 Å². The fourth-order valence-corrected chi connectivity index (χ4v) is 3.30. The first-order chi connectivity index (χ1) is 10.5. The van der Waals surface area contributed by atoms with Crippen LogP contribution in [0.3, 0.4) is 0 Å². The Labute approximate surface area is 141 Å². The Kier molecular flexibility index (Phi) is 4.39. The predicted octanol–water partition coefficient (Wildman–Crippen LogP) is 2.67. The molecule has 0 radical (unpaired) electrons. The number of anilines is 1. The van der Waals surface area contributed by atoms with Gasteiger partial charge in [0.2, 0.25) is 11.1 Å². The molecule has 1 amide bonds. The van der Waals surface area contributed by atoms with Crippen LogP contribution in [-0.2, 0) is 4.79 Å². The molecule has 3 N–H and O–H groups in total. The molecule has 6 nitrogen and oxygen atoms in total. The lowest BCUT2D eigenvalue weighted by Gasteiger charge is -2.08. The molecular weight excluding hydrogens is 366 g/mol. The number of nitrogens with one attached hydrogen (secondary N) is 1. The first-order valence-corrected chi connectivity index (χ1v) is 8.71. The number of nitrogens with zero attached hydrogens (tertiary/aromatic N) is 3. The van der Waals surface area contributed by atoms with Crippen molar-refractivity contribution in [3.8, 4) is 0 Å². The average Bonchev–Trinajstić information content (AvgIpc) is 3.24. The summed E-state index contributed by atoms with van der Waals surface area (Å²) in [7, 11) is 0. The summed E-state index contributed by atoms with van der Waals surface area (Å²) in [4.78, 5) is 12.0. The molecule has 1 fully saturated rings. The Morgan fingerprint density at radius 1 is 1.50 bits per heavy atom. The molecule has 0 saturated heterocycles. The maximum atomic E-state index is 12.0. The molecule has 1 aliphatic carbocycles. The molecule has 8 heteroatoms. The second kappa shape index (κ2) is 6.29. The molecule has 0 unspecified atom stereocenters. The van der Waals surface area contributed by atoms with Crippen molar-refractivity contribution in [3.05, 3.63) is 34.1 Å². The van der Waals surface area contributed by atoms with E-state index in [0.29, 0.717) is 11.1 Å². The van der Waals surface area contributed by atoms with E-state index in [4.69, 9.17) is 5.84 Å². The number of carbonyl (C=O) groups is 1. The average molecular weight is 382 g/mol. The topological polar surface area (TPSA) is 85.8 Å². The van der Waals surface area contributed by atoms with Crippen molar-refractivity contribution in [1.29, 1.82) is 0 Å². The number of aromatic nitrogens is 3. The number of hydrogen-bond donors (Lipinski definition) is 2. The van der Waals surface area contributed by atoms with Gasteiger partial charge in [-0.2, -0.15) is 0 Å². The first kappa shape index (κ1) is 15.4. The van der Waals surface area contributed by atoms with Gasteiger partial charge in [-0.3, -0.25) is 4.79 Å². The van der Waals surface area contributed by atoms with E-state index in [-0.39, 0.29) is 11.7 Å². The molecule has 0 aliphatic heterocycles. The zero-order valence-corrected chi connectivity index (χ0v) is 14.4. The second-order valence-electron chi connectivity index (χ2n) is 5.31. The SMILES string of the molecule is Cc1ccc(NC(=O)CSc2nnc(C3CC3)n2N)c(Br)c1. The van der Waals surface area contributed by atoms with Crippen molar-refractivity contribution in [2.24, 2.45) is 0 Å². The Morgan fingerprint density at radius 2 is 2.27 bits per heavy atom. The van der Waals surface area contributed by atoms with Crippen LogP contribution < -0.4 is 11.2 Å². The largest absolute Gasteiger partial charge is 0.336 e. The van der Waals surface area contributed by atoms with Gasteiger partial charge in [0.1, 0.15) is 0 Å². The Balaban J connectivity index is 1.58. The van der Waals surface area contributed by atoms with E-state index in [9.17, 15) is 4.79 Å². The van der Waals surface area contributed by atoms with E-state index in [0.717, 1.165) is 34.4 Å². The Hall–Kier alpha value is -1.54. The maximum absolute atomic E-state index is 12.0. The molecule has 1 aromatic heterocycles. The smallest absolute Gasteiger partial charge is 0.234 e. The molecule has 1 aliphatic rings. The summed E-state index contributed by atoms with van der Waals surface area (Å²) in [5.74, 6) is 7.33. The van der Waals surface area contributed by atoms with Crippen molar-refractivity contribution in [2.45, 2.75) is 30.8 Å². The van der Waals surface area contributed by atoms with Crippen LogP contribution >= 0.6 is 27.7 Å². The highest BCUT2D eigenvalue weighted by Gasteiger charge is 2.30. The molecule has 0 bridgehead atoms. The lowest BCUT2D eigenvalue weighted by atomic mass is 10.2. The number of hydrogen-bond acceptors (Lipinski definition) is 5. The van der Waals surface area contributed by atoms with Crippen molar-refractivity contribution in [1.82, 2.24) is 14.9 Å². The fraction of sp³-hybridized carbons (Fsp3) is 0.357.